The number of methoxy groups -OCH3 is 1. The maximum atomic E-state index is 5.43. The highest BCUT2D eigenvalue weighted by Gasteiger charge is 2.17. The lowest BCUT2D eigenvalue weighted by molar-refractivity contribution is 0.415. The van der Waals surface area contributed by atoms with Crippen LogP contribution in [0.3, 0.4) is 0 Å². The first-order valence-electron chi connectivity index (χ1n) is 6.12. The van der Waals surface area contributed by atoms with Crippen molar-refractivity contribution in [3.05, 3.63) is 23.0 Å². The van der Waals surface area contributed by atoms with E-state index in [9.17, 15) is 0 Å². The molecule has 2 aromatic rings. The van der Waals surface area contributed by atoms with E-state index in [4.69, 9.17) is 17.0 Å². The van der Waals surface area contributed by atoms with Crippen LogP contribution in [0, 0.1) is 10.7 Å². The van der Waals surface area contributed by atoms with Gasteiger partial charge in [0.1, 0.15) is 5.75 Å². The number of ether oxygens (including phenoxy) is 1. The molecule has 1 N–H and O–H groups in total. The number of nitrogens with zero attached hydrogens (tertiary/aromatic N) is 1. The first-order valence-corrected chi connectivity index (χ1v) is 7.68. The number of fused-ring (bicyclic) bond motifs is 1. The molecule has 0 radical (unpaired) electrons. The number of thioether (sulfide) groups is 1. The molecular weight excluding hydrogens is 264 g/mol. The molecule has 1 atom stereocenters. The molecule has 5 heteroatoms. The third kappa shape index (κ3) is 2.17. The summed E-state index contributed by atoms with van der Waals surface area (Å²) in [6.45, 7) is 1.03. The molecule has 3 rings (SSSR count). The van der Waals surface area contributed by atoms with Crippen molar-refractivity contribution in [2.24, 2.45) is 5.92 Å². The fourth-order valence-electron chi connectivity index (χ4n) is 2.44. The minimum atomic E-state index is 0.753. The van der Waals surface area contributed by atoms with Crippen molar-refractivity contribution in [1.29, 1.82) is 0 Å². The Bertz CT molecular complexity index is 611. The van der Waals surface area contributed by atoms with Crippen LogP contribution in [0.5, 0.6) is 5.75 Å². The van der Waals surface area contributed by atoms with Gasteiger partial charge in [-0.25, -0.2) is 0 Å². The van der Waals surface area contributed by atoms with Gasteiger partial charge >= 0.3 is 0 Å². The van der Waals surface area contributed by atoms with Crippen LogP contribution in [0.2, 0.25) is 0 Å². The topological polar surface area (TPSA) is 29.9 Å². The van der Waals surface area contributed by atoms with E-state index in [-0.39, 0.29) is 0 Å². The van der Waals surface area contributed by atoms with Gasteiger partial charge in [-0.05, 0) is 48.2 Å². The number of hydrogen-bond acceptors (Lipinski definition) is 3. The lowest BCUT2D eigenvalue weighted by atomic mass is 10.1. The van der Waals surface area contributed by atoms with Crippen LogP contribution in [0.25, 0.3) is 11.0 Å². The van der Waals surface area contributed by atoms with Crippen LogP contribution in [0.4, 0.5) is 0 Å². The monoisotopic (exact) mass is 280 g/mol. The third-order valence-electron chi connectivity index (χ3n) is 3.45. The van der Waals surface area contributed by atoms with Gasteiger partial charge in [-0.2, -0.15) is 11.8 Å². The molecule has 0 amide bonds. The molecule has 2 heterocycles. The highest BCUT2D eigenvalue weighted by molar-refractivity contribution is 7.99. The van der Waals surface area contributed by atoms with Gasteiger partial charge in [0.05, 0.1) is 18.1 Å². The molecule has 1 aromatic heterocycles. The molecule has 1 aliphatic heterocycles. The second-order valence-corrected chi connectivity index (χ2v) is 6.19. The predicted molar refractivity (Wildman–Crippen MR) is 79.1 cm³/mol. The maximum absolute atomic E-state index is 5.43. The van der Waals surface area contributed by atoms with Gasteiger partial charge in [-0.1, -0.05) is 0 Å². The van der Waals surface area contributed by atoms with E-state index in [1.165, 1.54) is 23.4 Å². The van der Waals surface area contributed by atoms with Gasteiger partial charge in [0.2, 0.25) is 0 Å². The van der Waals surface area contributed by atoms with Crippen LogP contribution >= 0.6 is 24.0 Å². The minimum absolute atomic E-state index is 0.753. The summed E-state index contributed by atoms with van der Waals surface area (Å²) in [6, 6.07) is 6.08. The number of benzene rings is 1. The molecule has 3 nitrogen and oxygen atoms in total. The number of imidazole rings is 1. The maximum Gasteiger partial charge on any atom is 0.178 e. The Morgan fingerprint density at radius 2 is 2.44 bits per heavy atom. The van der Waals surface area contributed by atoms with Gasteiger partial charge < -0.3 is 14.3 Å². The smallest absolute Gasteiger partial charge is 0.178 e. The largest absolute Gasteiger partial charge is 0.497 e. The number of nitrogens with one attached hydrogen (secondary N) is 1. The summed E-state index contributed by atoms with van der Waals surface area (Å²) in [5, 5.41) is 0. The number of hydrogen-bond donors (Lipinski definition) is 1. The van der Waals surface area contributed by atoms with Gasteiger partial charge in [0.15, 0.2) is 4.77 Å². The van der Waals surface area contributed by atoms with E-state index in [2.05, 4.69) is 15.6 Å². The standard InChI is InChI=1S/C13H16N2OS2/c1-16-10-2-3-12-11(6-10)14-13(17)15(12)7-9-4-5-18-8-9/h2-3,6,9H,4-5,7-8H2,1H3,(H,14,17). The molecule has 1 aliphatic rings. The first kappa shape index (κ1) is 12.1. The van der Waals surface area contributed by atoms with Crippen LogP contribution in [0.1, 0.15) is 6.42 Å². The van der Waals surface area contributed by atoms with E-state index in [0.29, 0.717) is 0 Å². The normalized spacial score (nSPS) is 19.5. The van der Waals surface area contributed by atoms with E-state index >= 15 is 0 Å². The Balaban J connectivity index is 2.00. The third-order valence-corrected chi connectivity index (χ3v) is 5.00. The molecule has 0 aliphatic carbocycles. The summed E-state index contributed by atoms with van der Waals surface area (Å²) in [7, 11) is 1.68. The van der Waals surface area contributed by atoms with Gasteiger partial charge in [0, 0.05) is 12.6 Å². The van der Waals surface area contributed by atoms with Crippen molar-refractivity contribution in [2.75, 3.05) is 18.6 Å². The van der Waals surface area contributed by atoms with Crippen LogP contribution in [-0.2, 0) is 6.54 Å². The summed E-state index contributed by atoms with van der Waals surface area (Å²) in [5.41, 5.74) is 2.24. The SMILES string of the molecule is COc1ccc2c(c1)[nH]c(=S)n2CC1CCSC1. The highest BCUT2D eigenvalue weighted by Crippen LogP contribution is 2.27. The number of H-pyrrole nitrogens is 1. The minimum Gasteiger partial charge on any atom is -0.497 e. The summed E-state index contributed by atoms with van der Waals surface area (Å²) in [5.74, 6) is 4.16. The van der Waals surface area contributed by atoms with E-state index in [1.807, 2.05) is 23.9 Å². The highest BCUT2D eigenvalue weighted by atomic mass is 32.2. The Morgan fingerprint density at radius 1 is 1.56 bits per heavy atom. The molecule has 18 heavy (non-hydrogen) atoms. The molecule has 96 valence electrons. The van der Waals surface area contributed by atoms with E-state index < -0.39 is 0 Å². The van der Waals surface area contributed by atoms with Crippen LogP contribution < -0.4 is 4.74 Å². The van der Waals surface area contributed by atoms with Gasteiger partial charge in [-0.15, -0.1) is 0 Å². The quantitative estimate of drug-likeness (QED) is 0.873. The molecule has 1 saturated heterocycles. The first-order chi connectivity index (χ1) is 8.78. The molecule has 1 unspecified atom stereocenters. The van der Waals surface area contributed by atoms with Crippen molar-refractivity contribution in [2.45, 2.75) is 13.0 Å². The lowest BCUT2D eigenvalue weighted by Gasteiger charge is -2.10. The zero-order chi connectivity index (χ0) is 12.5. The van der Waals surface area contributed by atoms with Crippen molar-refractivity contribution in [1.82, 2.24) is 9.55 Å². The zero-order valence-electron chi connectivity index (χ0n) is 10.3. The Hall–Kier alpha value is -0.940. The number of rotatable bonds is 3. The molecule has 0 spiro atoms. The van der Waals surface area contributed by atoms with Crippen molar-refractivity contribution in [3.8, 4) is 5.75 Å². The Labute approximate surface area is 116 Å². The Kier molecular flexibility index (Phi) is 3.35. The van der Waals surface area contributed by atoms with Crippen LogP contribution in [0.15, 0.2) is 18.2 Å². The fraction of sp³-hybridized carbons (Fsp3) is 0.462. The second kappa shape index (κ2) is 4.97. The van der Waals surface area contributed by atoms with Crippen LogP contribution in [-0.4, -0.2) is 28.2 Å². The summed E-state index contributed by atoms with van der Waals surface area (Å²) in [4.78, 5) is 3.27. The van der Waals surface area contributed by atoms with E-state index in [0.717, 1.165) is 28.5 Å². The van der Waals surface area contributed by atoms with Crippen molar-refractivity contribution in [3.63, 3.8) is 0 Å². The average molecular weight is 280 g/mol. The Morgan fingerprint density at radius 3 is 3.17 bits per heavy atom. The fourth-order valence-corrected chi connectivity index (χ4v) is 3.99. The molecule has 1 aromatic carbocycles. The zero-order valence-corrected chi connectivity index (χ0v) is 11.9. The molecule has 1 fully saturated rings. The van der Waals surface area contributed by atoms with Crippen molar-refractivity contribution < 1.29 is 4.74 Å². The lowest BCUT2D eigenvalue weighted by Crippen LogP contribution is -2.09. The van der Waals surface area contributed by atoms with E-state index in [1.54, 1.807) is 7.11 Å². The van der Waals surface area contributed by atoms with Crippen molar-refractivity contribution >= 4 is 35.0 Å². The number of aromatic amines is 1. The molecular formula is C13H16N2OS2. The molecule has 0 saturated carbocycles. The summed E-state index contributed by atoms with van der Waals surface area (Å²) >= 11 is 7.47. The predicted octanol–water partition coefficient (Wildman–Crippen LogP) is 3.46. The summed E-state index contributed by atoms with van der Waals surface area (Å²) in [6.07, 6.45) is 1.30. The number of aromatic nitrogens is 2. The van der Waals surface area contributed by atoms with Gasteiger partial charge in [0.25, 0.3) is 0 Å². The summed E-state index contributed by atoms with van der Waals surface area (Å²) < 4.78 is 8.28. The average Bonchev–Trinajstić information content (AvgIpc) is 2.98. The molecule has 0 bridgehead atoms. The van der Waals surface area contributed by atoms with Gasteiger partial charge in [-0.3, -0.25) is 0 Å². The second-order valence-electron chi connectivity index (χ2n) is 4.65.